The van der Waals surface area contributed by atoms with Crippen molar-refractivity contribution in [3.8, 4) is 0 Å². The Kier molecular flexibility index (Phi) is 5.93. The Balaban J connectivity index is 1.56. The second-order valence-corrected chi connectivity index (χ2v) is 10.0. The molecule has 1 aliphatic carbocycles. The number of hydrogen-bond acceptors (Lipinski definition) is 5. The number of thiophene rings is 1. The summed E-state index contributed by atoms with van der Waals surface area (Å²) in [5.41, 5.74) is 4.64. The molecule has 0 saturated heterocycles. The SMILES string of the molecule is Cc1nc(SCC(=O)Nc2c(C)cccc2C(C)C)c2c3c(sc2n1)CCCC3. The van der Waals surface area contributed by atoms with Gasteiger partial charge in [-0.25, -0.2) is 9.97 Å². The molecule has 1 aromatic carbocycles. The first-order valence-electron chi connectivity index (χ1n) is 10.2. The lowest BCUT2D eigenvalue weighted by molar-refractivity contribution is -0.113. The summed E-state index contributed by atoms with van der Waals surface area (Å²) in [5.74, 6) is 1.50. The molecular weight excluding hydrogens is 398 g/mol. The third-order valence-corrected chi connectivity index (χ3v) is 7.59. The van der Waals surface area contributed by atoms with Gasteiger partial charge in [0.15, 0.2) is 0 Å². The minimum atomic E-state index is 0.0136. The quantitative estimate of drug-likeness (QED) is 0.400. The molecule has 0 fully saturated rings. The maximum absolute atomic E-state index is 12.8. The predicted octanol–water partition coefficient (Wildman–Crippen LogP) is 6.04. The topological polar surface area (TPSA) is 54.9 Å². The number of rotatable bonds is 5. The van der Waals surface area contributed by atoms with E-state index in [4.69, 9.17) is 4.98 Å². The fourth-order valence-corrected chi connectivity index (χ4v) is 6.25. The monoisotopic (exact) mass is 425 g/mol. The minimum absolute atomic E-state index is 0.0136. The molecule has 0 aliphatic heterocycles. The van der Waals surface area contributed by atoms with Gasteiger partial charge in [-0.2, -0.15) is 0 Å². The van der Waals surface area contributed by atoms with Crippen LogP contribution in [0.1, 0.15) is 60.0 Å². The van der Waals surface area contributed by atoms with Crippen LogP contribution in [0.15, 0.2) is 23.2 Å². The van der Waals surface area contributed by atoms with E-state index in [2.05, 4.69) is 36.3 Å². The molecule has 2 aromatic heterocycles. The van der Waals surface area contributed by atoms with Gasteiger partial charge >= 0.3 is 0 Å². The smallest absolute Gasteiger partial charge is 0.234 e. The van der Waals surface area contributed by atoms with Gasteiger partial charge in [0.05, 0.1) is 5.75 Å². The average Bonchev–Trinajstić information content (AvgIpc) is 3.05. The van der Waals surface area contributed by atoms with Crippen molar-refractivity contribution < 1.29 is 4.79 Å². The maximum Gasteiger partial charge on any atom is 0.234 e. The first kappa shape index (κ1) is 20.4. The second-order valence-electron chi connectivity index (χ2n) is 8.00. The highest BCUT2D eigenvalue weighted by Crippen LogP contribution is 2.39. The highest BCUT2D eigenvalue weighted by molar-refractivity contribution is 8.00. The summed E-state index contributed by atoms with van der Waals surface area (Å²) in [5, 5.41) is 5.29. The second kappa shape index (κ2) is 8.44. The van der Waals surface area contributed by atoms with E-state index in [9.17, 15) is 4.79 Å². The third-order valence-electron chi connectivity index (χ3n) is 5.42. The van der Waals surface area contributed by atoms with Gasteiger partial charge < -0.3 is 5.32 Å². The molecule has 0 saturated carbocycles. The van der Waals surface area contributed by atoms with Crippen LogP contribution in [0, 0.1) is 13.8 Å². The standard InChI is InChI=1S/C23H27N3OS2/c1-13(2)16-10-7-8-14(3)21(16)26-19(27)12-28-22-20-17-9-5-6-11-18(17)29-23(20)25-15(4)24-22/h7-8,10,13H,5-6,9,11-12H2,1-4H3,(H,26,27). The molecule has 1 amide bonds. The molecule has 1 aliphatic rings. The lowest BCUT2D eigenvalue weighted by Crippen LogP contribution is -2.17. The molecule has 4 rings (SSSR count). The first-order chi connectivity index (χ1) is 13.9. The lowest BCUT2D eigenvalue weighted by Gasteiger charge is -2.16. The van der Waals surface area contributed by atoms with E-state index in [0.29, 0.717) is 11.7 Å². The zero-order chi connectivity index (χ0) is 20.5. The Hall–Kier alpha value is -1.92. The van der Waals surface area contributed by atoms with Crippen LogP contribution in [0.25, 0.3) is 10.2 Å². The summed E-state index contributed by atoms with van der Waals surface area (Å²) in [6.07, 6.45) is 4.72. The van der Waals surface area contributed by atoms with Crippen LogP contribution in [0.2, 0.25) is 0 Å². The van der Waals surface area contributed by atoms with E-state index >= 15 is 0 Å². The number of hydrogen-bond donors (Lipinski definition) is 1. The molecule has 3 aromatic rings. The molecule has 29 heavy (non-hydrogen) atoms. The van der Waals surface area contributed by atoms with Crippen LogP contribution in [0.4, 0.5) is 5.69 Å². The Morgan fingerprint density at radius 3 is 2.79 bits per heavy atom. The van der Waals surface area contributed by atoms with Crippen molar-refractivity contribution in [1.29, 1.82) is 0 Å². The summed E-state index contributed by atoms with van der Waals surface area (Å²) >= 11 is 3.34. The third kappa shape index (κ3) is 4.19. The molecule has 4 nitrogen and oxygen atoms in total. The van der Waals surface area contributed by atoms with Gasteiger partial charge in [-0.3, -0.25) is 4.79 Å². The van der Waals surface area contributed by atoms with E-state index in [-0.39, 0.29) is 5.91 Å². The summed E-state index contributed by atoms with van der Waals surface area (Å²) in [4.78, 5) is 24.7. The number of carbonyl (C=O) groups excluding carboxylic acids is 1. The Bertz CT molecular complexity index is 1070. The number of nitrogens with one attached hydrogen (secondary N) is 1. The fourth-order valence-electron chi connectivity index (χ4n) is 3.98. The van der Waals surface area contributed by atoms with Crippen molar-refractivity contribution in [2.75, 3.05) is 11.1 Å². The number of carbonyl (C=O) groups is 1. The van der Waals surface area contributed by atoms with Gasteiger partial charge in [-0.1, -0.05) is 43.8 Å². The molecule has 0 spiro atoms. The van der Waals surface area contributed by atoms with Crippen molar-refractivity contribution in [2.45, 2.75) is 64.3 Å². The Morgan fingerprint density at radius 2 is 2.00 bits per heavy atom. The fraction of sp³-hybridized carbons (Fsp3) is 0.435. The summed E-state index contributed by atoms with van der Waals surface area (Å²) in [6.45, 7) is 8.28. The first-order valence-corrected chi connectivity index (χ1v) is 12.0. The molecule has 0 atom stereocenters. The van der Waals surface area contributed by atoms with Crippen LogP contribution in [-0.4, -0.2) is 21.6 Å². The van der Waals surface area contributed by atoms with Gasteiger partial charge in [0.1, 0.15) is 15.7 Å². The van der Waals surface area contributed by atoms with Crippen molar-refractivity contribution in [3.63, 3.8) is 0 Å². The summed E-state index contributed by atoms with van der Waals surface area (Å²) in [7, 11) is 0. The van der Waals surface area contributed by atoms with Gasteiger partial charge in [-0.15, -0.1) is 11.3 Å². The zero-order valence-electron chi connectivity index (χ0n) is 17.5. The molecular formula is C23H27N3OS2. The van der Waals surface area contributed by atoms with Crippen LogP contribution < -0.4 is 5.32 Å². The van der Waals surface area contributed by atoms with Crippen LogP contribution in [-0.2, 0) is 17.6 Å². The van der Waals surface area contributed by atoms with Crippen molar-refractivity contribution in [3.05, 3.63) is 45.6 Å². The highest BCUT2D eigenvalue weighted by Gasteiger charge is 2.21. The van der Waals surface area contributed by atoms with E-state index in [1.807, 2.05) is 31.3 Å². The van der Waals surface area contributed by atoms with Crippen LogP contribution >= 0.6 is 23.1 Å². The largest absolute Gasteiger partial charge is 0.325 e. The number of fused-ring (bicyclic) bond motifs is 3. The van der Waals surface area contributed by atoms with Crippen molar-refractivity contribution >= 4 is 44.9 Å². The number of benzene rings is 1. The van der Waals surface area contributed by atoms with Crippen LogP contribution in [0.3, 0.4) is 0 Å². The molecule has 6 heteroatoms. The minimum Gasteiger partial charge on any atom is -0.325 e. The maximum atomic E-state index is 12.8. The van der Waals surface area contributed by atoms with Gasteiger partial charge in [-0.05, 0) is 62.1 Å². The molecule has 152 valence electrons. The number of para-hydroxylation sites is 1. The zero-order valence-corrected chi connectivity index (χ0v) is 19.1. The van der Waals surface area contributed by atoms with Crippen LogP contribution in [0.5, 0.6) is 0 Å². The van der Waals surface area contributed by atoms with E-state index in [1.54, 1.807) is 0 Å². The number of aryl methyl sites for hydroxylation is 4. The van der Waals surface area contributed by atoms with Gasteiger partial charge in [0, 0.05) is 16.0 Å². The molecule has 1 N–H and O–H groups in total. The van der Waals surface area contributed by atoms with E-state index in [1.165, 1.54) is 46.0 Å². The van der Waals surface area contributed by atoms with Crippen molar-refractivity contribution in [2.24, 2.45) is 0 Å². The molecule has 0 radical (unpaired) electrons. The van der Waals surface area contributed by atoms with Gasteiger partial charge in [0.25, 0.3) is 0 Å². The number of nitrogens with zero attached hydrogens (tertiary/aromatic N) is 2. The summed E-state index contributed by atoms with van der Waals surface area (Å²) < 4.78 is 0. The number of aromatic nitrogens is 2. The molecule has 2 heterocycles. The Labute approximate surface area is 180 Å². The number of thioether (sulfide) groups is 1. The van der Waals surface area contributed by atoms with Gasteiger partial charge in [0.2, 0.25) is 5.91 Å². The molecule has 0 unspecified atom stereocenters. The van der Waals surface area contributed by atoms with E-state index < -0.39 is 0 Å². The predicted molar refractivity (Wildman–Crippen MR) is 123 cm³/mol. The number of amides is 1. The average molecular weight is 426 g/mol. The molecule has 0 bridgehead atoms. The summed E-state index contributed by atoms with van der Waals surface area (Å²) in [6, 6.07) is 6.19. The lowest BCUT2D eigenvalue weighted by atomic mass is 9.97. The Morgan fingerprint density at radius 1 is 1.21 bits per heavy atom. The highest BCUT2D eigenvalue weighted by atomic mass is 32.2. The number of anilines is 1. The van der Waals surface area contributed by atoms with E-state index in [0.717, 1.165) is 39.8 Å². The normalized spacial score (nSPS) is 13.7. The van der Waals surface area contributed by atoms with Crippen molar-refractivity contribution in [1.82, 2.24) is 9.97 Å².